The Labute approximate surface area is 171 Å². The highest BCUT2D eigenvalue weighted by atomic mass is 32.2. The Morgan fingerprint density at radius 3 is 2.45 bits per heavy atom. The predicted molar refractivity (Wildman–Crippen MR) is 108 cm³/mol. The van der Waals surface area contributed by atoms with Crippen LogP contribution < -0.4 is 0 Å². The first-order chi connectivity index (χ1) is 13.7. The lowest BCUT2D eigenvalue weighted by Crippen LogP contribution is -2.53. The van der Waals surface area contributed by atoms with Crippen LogP contribution in [0.2, 0.25) is 0 Å². The second-order valence-electron chi connectivity index (χ2n) is 8.56. The molecular weight excluding hydrogens is 392 g/mol. The van der Waals surface area contributed by atoms with Crippen molar-refractivity contribution in [2.24, 2.45) is 10.8 Å². The van der Waals surface area contributed by atoms with Gasteiger partial charge in [0.1, 0.15) is 0 Å². The molecule has 2 amide bonds. The Hall–Kier alpha value is -2.00. The fourth-order valence-corrected chi connectivity index (χ4v) is 6.41. The third-order valence-electron chi connectivity index (χ3n) is 7.21. The van der Waals surface area contributed by atoms with Crippen molar-refractivity contribution in [3.63, 3.8) is 0 Å². The first-order valence-corrected chi connectivity index (χ1v) is 12.0. The van der Waals surface area contributed by atoms with Gasteiger partial charge in [-0.3, -0.25) is 14.6 Å². The summed E-state index contributed by atoms with van der Waals surface area (Å²) in [5, 5.41) is 0. The van der Waals surface area contributed by atoms with Crippen molar-refractivity contribution in [1.82, 2.24) is 19.1 Å². The standard InChI is InChI=1S/C20H28N4O4S/c1-3-22-12-8-20(18(22)26)15-24(29(2,27)28)14-19(20)6-10-23(11-7-19)17(25)16-5-4-9-21-13-16/h4-5,9,13H,3,6-8,10-12,14-15H2,1-2H3/t20-/m0/s1. The number of carbonyl (C=O) groups is 2. The lowest BCUT2D eigenvalue weighted by Gasteiger charge is -2.46. The molecule has 158 valence electrons. The van der Waals surface area contributed by atoms with Gasteiger partial charge in [-0.15, -0.1) is 0 Å². The predicted octanol–water partition coefficient (Wildman–Crippen LogP) is 0.818. The van der Waals surface area contributed by atoms with Crippen LogP contribution in [-0.2, 0) is 14.8 Å². The van der Waals surface area contributed by atoms with Crippen molar-refractivity contribution in [3.05, 3.63) is 30.1 Å². The molecule has 1 aromatic rings. The Kier molecular flexibility index (Phi) is 4.93. The third-order valence-corrected chi connectivity index (χ3v) is 8.41. The zero-order chi connectivity index (χ0) is 20.9. The number of piperidine rings is 1. The van der Waals surface area contributed by atoms with E-state index in [4.69, 9.17) is 0 Å². The average molecular weight is 421 g/mol. The number of sulfonamides is 1. The number of fused-ring (bicyclic) bond motifs is 1. The topological polar surface area (TPSA) is 90.9 Å². The van der Waals surface area contributed by atoms with E-state index in [1.54, 1.807) is 29.4 Å². The summed E-state index contributed by atoms with van der Waals surface area (Å²) in [5.74, 6) is 0.0195. The lowest BCUT2D eigenvalue weighted by atomic mass is 9.60. The Bertz CT molecular complexity index is 912. The molecule has 2 spiro atoms. The molecule has 0 radical (unpaired) electrons. The fraction of sp³-hybridized carbons (Fsp3) is 0.650. The number of carbonyl (C=O) groups excluding carboxylic acids is 2. The highest BCUT2D eigenvalue weighted by molar-refractivity contribution is 7.88. The van der Waals surface area contributed by atoms with Gasteiger partial charge in [0.2, 0.25) is 15.9 Å². The molecule has 0 aromatic carbocycles. The number of hydrogen-bond donors (Lipinski definition) is 0. The van der Waals surface area contributed by atoms with Crippen molar-refractivity contribution >= 4 is 21.8 Å². The minimum atomic E-state index is -3.39. The summed E-state index contributed by atoms with van der Waals surface area (Å²) in [6, 6.07) is 3.49. The summed E-state index contributed by atoms with van der Waals surface area (Å²) >= 11 is 0. The Balaban J connectivity index is 1.60. The first-order valence-electron chi connectivity index (χ1n) is 10.2. The second-order valence-corrected chi connectivity index (χ2v) is 10.5. The van der Waals surface area contributed by atoms with Gasteiger partial charge >= 0.3 is 0 Å². The molecule has 3 saturated heterocycles. The van der Waals surface area contributed by atoms with E-state index in [1.807, 2.05) is 11.8 Å². The van der Waals surface area contributed by atoms with E-state index in [2.05, 4.69) is 4.98 Å². The van der Waals surface area contributed by atoms with Gasteiger partial charge in [-0.05, 0) is 38.3 Å². The number of hydrogen-bond acceptors (Lipinski definition) is 5. The molecule has 0 saturated carbocycles. The maximum absolute atomic E-state index is 13.4. The maximum atomic E-state index is 13.4. The highest BCUT2D eigenvalue weighted by Gasteiger charge is 2.66. The highest BCUT2D eigenvalue weighted by Crippen LogP contribution is 2.58. The lowest BCUT2D eigenvalue weighted by molar-refractivity contribution is -0.141. The summed E-state index contributed by atoms with van der Waals surface area (Å²) in [4.78, 5) is 33.8. The van der Waals surface area contributed by atoms with E-state index in [-0.39, 0.29) is 18.4 Å². The molecule has 4 heterocycles. The zero-order valence-corrected chi connectivity index (χ0v) is 17.8. The number of amides is 2. The van der Waals surface area contributed by atoms with Gasteiger partial charge in [0.25, 0.3) is 5.91 Å². The van der Waals surface area contributed by atoms with Crippen molar-refractivity contribution in [2.45, 2.75) is 26.2 Å². The van der Waals surface area contributed by atoms with Gasteiger partial charge in [-0.2, -0.15) is 0 Å². The fourth-order valence-electron chi connectivity index (χ4n) is 5.47. The van der Waals surface area contributed by atoms with Gasteiger partial charge in [-0.25, -0.2) is 12.7 Å². The third kappa shape index (κ3) is 3.15. The summed E-state index contributed by atoms with van der Waals surface area (Å²) in [6.07, 6.45) is 6.37. The molecule has 9 heteroatoms. The monoisotopic (exact) mass is 420 g/mol. The molecule has 1 aromatic heterocycles. The zero-order valence-electron chi connectivity index (χ0n) is 17.0. The van der Waals surface area contributed by atoms with Crippen LogP contribution in [-0.4, -0.2) is 84.8 Å². The Morgan fingerprint density at radius 1 is 1.17 bits per heavy atom. The molecular formula is C20H28N4O4S. The number of aromatic nitrogens is 1. The summed E-state index contributed by atoms with van der Waals surface area (Å²) in [7, 11) is -3.39. The minimum Gasteiger partial charge on any atom is -0.342 e. The van der Waals surface area contributed by atoms with Gasteiger partial charge in [-0.1, -0.05) is 0 Å². The summed E-state index contributed by atoms with van der Waals surface area (Å²) in [6.45, 7) is 4.94. The van der Waals surface area contributed by atoms with E-state index in [1.165, 1.54) is 10.6 Å². The normalized spacial score (nSPS) is 27.3. The van der Waals surface area contributed by atoms with Crippen LogP contribution in [0.5, 0.6) is 0 Å². The average Bonchev–Trinajstić information content (AvgIpc) is 3.21. The van der Waals surface area contributed by atoms with E-state index in [0.717, 1.165) is 0 Å². The molecule has 3 fully saturated rings. The van der Waals surface area contributed by atoms with Gasteiger partial charge in [0.05, 0.1) is 17.2 Å². The quantitative estimate of drug-likeness (QED) is 0.722. The smallest absolute Gasteiger partial charge is 0.255 e. The molecule has 0 aliphatic carbocycles. The minimum absolute atomic E-state index is 0.0621. The van der Waals surface area contributed by atoms with Gasteiger partial charge < -0.3 is 9.80 Å². The number of pyridine rings is 1. The van der Waals surface area contributed by atoms with Crippen LogP contribution >= 0.6 is 0 Å². The van der Waals surface area contributed by atoms with Crippen LogP contribution in [0.1, 0.15) is 36.5 Å². The number of rotatable bonds is 3. The van der Waals surface area contributed by atoms with Gasteiger partial charge in [0, 0.05) is 57.1 Å². The molecule has 0 N–H and O–H groups in total. The molecule has 0 bridgehead atoms. The molecule has 0 unspecified atom stereocenters. The van der Waals surface area contributed by atoms with Crippen molar-refractivity contribution in [2.75, 3.05) is 45.5 Å². The van der Waals surface area contributed by atoms with Crippen LogP contribution in [0, 0.1) is 10.8 Å². The molecule has 4 rings (SSSR count). The molecule has 3 aliphatic rings. The van der Waals surface area contributed by atoms with E-state index in [9.17, 15) is 18.0 Å². The Morgan fingerprint density at radius 2 is 1.90 bits per heavy atom. The number of nitrogens with zero attached hydrogens (tertiary/aromatic N) is 4. The first kappa shape index (κ1) is 20.3. The molecule has 1 atom stereocenters. The summed E-state index contributed by atoms with van der Waals surface area (Å²) < 4.78 is 26.2. The van der Waals surface area contributed by atoms with Crippen molar-refractivity contribution in [3.8, 4) is 0 Å². The van der Waals surface area contributed by atoms with Crippen molar-refractivity contribution in [1.29, 1.82) is 0 Å². The van der Waals surface area contributed by atoms with E-state index < -0.39 is 20.9 Å². The van der Waals surface area contributed by atoms with Crippen LogP contribution in [0.3, 0.4) is 0 Å². The van der Waals surface area contributed by atoms with Gasteiger partial charge in [0.15, 0.2) is 0 Å². The second kappa shape index (κ2) is 7.05. The molecule has 3 aliphatic heterocycles. The van der Waals surface area contributed by atoms with Crippen LogP contribution in [0.4, 0.5) is 0 Å². The molecule has 8 nitrogen and oxygen atoms in total. The maximum Gasteiger partial charge on any atom is 0.255 e. The molecule has 29 heavy (non-hydrogen) atoms. The van der Waals surface area contributed by atoms with Crippen LogP contribution in [0.25, 0.3) is 0 Å². The largest absolute Gasteiger partial charge is 0.342 e. The SMILES string of the molecule is CCN1CC[C@]2(CN(S(C)(=O)=O)CC23CCN(C(=O)c2cccnc2)CC3)C1=O. The van der Waals surface area contributed by atoms with Crippen molar-refractivity contribution < 1.29 is 18.0 Å². The number of likely N-dealkylation sites (tertiary alicyclic amines) is 2. The summed E-state index contributed by atoms with van der Waals surface area (Å²) in [5.41, 5.74) is -0.533. The van der Waals surface area contributed by atoms with E-state index >= 15 is 0 Å². The van der Waals surface area contributed by atoms with E-state index in [0.29, 0.717) is 57.5 Å². The van der Waals surface area contributed by atoms with Crippen LogP contribution in [0.15, 0.2) is 24.5 Å².